The fraction of sp³-hybridized carbons (Fsp3) is 0.150. The van der Waals surface area contributed by atoms with Gasteiger partial charge in [-0.05, 0) is 42.7 Å². The molecule has 2 aromatic heterocycles. The minimum absolute atomic E-state index is 0.125. The SMILES string of the molecule is Cc1c(Cl)cc(CCNc2ncnc3[nH]cnc23)c(-c2cccc(F)c2)c1[N+](=O)[O-]. The van der Waals surface area contributed by atoms with Crippen LogP contribution in [0.25, 0.3) is 22.3 Å². The normalized spacial score (nSPS) is 11.0. The summed E-state index contributed by atoms with van der Waals surface area (Å²) in [7, 11) is 0. The lowest BCUT2D eigenvalue weighted by molar-refractivity contribution is -0.384. The highest BCUT2D eigenvalue weighted by Crippen LogP contribution is 2.40. The monoisotopic (exact) mass is 426 g/mol. The van der Waals surface area contributed by atoms with Crippen LogP contribution in [-0.2, 0) is 6.42 Å². The van der Waals surface area contributed by atoms with Crippen molar-refractivity contribution >= 4 is 34.3 Å². The van der Waals surface area contributed by atoms with Gasteiger partial charge in [0.15, 0.2) is 11.5 Å². The lowest BCUT2D eigenvalue weighted by Crippen LogP contribution is -2.09. The number of imidazole rings is 1. The minimum Gasteiger partial charge on any atom is -0.368 e. The van der Waals surface area contributed by atoms with Crippen LogP contribution >= 0.6 is 11.6 Å². The molecule has 0 unspecified atom stereocenters. The maximum Gasteiger partial charge on any atom is 0.281 e. The number of halogens is 2. The Balaban J connectivity index is 1.72. The number of fused-ring (bicyclic) bond motifs is 1. The molecule has 0 aliphatic rings. The largest absolute Gasteiger partial charge is 0.368 e. The van der Waals surface area contributed by atoms with Gasteiger partial charge in [-0.1, -0.05) is 23.7 Å². The van der Waals surface area contributed by atoms with Gasteiger partial charge in [-0.3, -0.25) is 10.1 Å². The summed E-state index contributed by atoms with van der Waals surface area (Å²) >= 11 is 6.28. The molecule has 4 rings (SSSR count). The predicted molar refractivity (Wildman–Crippen MR) is 112 cm³/mol. The first-order valence-electron chi connectivity index (χ1n) is 9.06. The third kappa shape index (κ3) is 3.67. The second kappa shape index (κ2) is 8.03. The van der Waals surface area contributed by atoms with Crippen LogP contribution in [0.15, 0.2) is 43.0 Å². The number of nitro groups is 1. The highest BCUT2D eigenvalue weighted by atomic mass is 35.5. The van der Waals surface area contributed by atoms with Crippen LogP contribution in [0.1, 0.15) is 11.1 Å². The number of benzene rings is 2. The van der Waals surface area contributed by atoms with Crippen molar-refractivity contribution in [2.24, 2.45) is 0 Å². The summed E-state index contributed by atoms with van der Waals surface area (Å²) < 4.78 is 13.9. The first-order chi connectivity index (χ1) is 14.5. The first-order valence-corrected chi connectivity index (χ1v) is 9.43. The van der Waals surface area contributed by atoms with Crippen molar-refractivity contribution in [2.75, 3.05) is 11.9 Å². The van der Waals surface area contributed by atoms with Gasteiger partial charge < -0.3 is 10.3 Å². The van der Waals surface area contributed by atoms with Gasteiger partial charge in [-0.15, -0.1) is 0 Å². The van der Waals surface area contributed by atoms with Crippen molar-refractivity contribution in [1.29, 1.82) is 0 Å². The van der Waals surface area contributed by atoms with E-state index in [2.05, 4.69) is 25.3 Å². The number of hydrogen-bond donors (Lipinski definition) is 2. The van der Waals surface area contributed by atoms with Crippen molar-refractivity contribution in [2.45, 2.75) is 13.3 Å². The zero-order valence-electron chi connectivity index (χ0n) is 15.8. The predicted octanol–water partition coefficient (Wildman–Crippen LogP) is 4.68. The van der Waals surface area contributed by atoms with Crippen molar-refractivity contribution in [3.8, 4) is 11.1 Å². The number of rotatable bonds is 6. The van der Waals surface area contributed by atoms with E-state index < -0.39 is 10.7 Å². The molecule has 2 heterocycles. The molecule has 152 valence electrons. The number of aromatic nitrogens is 4. The molecule has 2 aromatic carbocycles. The molecule has 0 bridgehead atoms. The van der Waals surface area contributed by atoms with Gasteiger partial charge in [0.1, 0.15) is 17.7 Å². The number of H-pyrrole nitrogens is 1. The van der Waals surface area contributed by atoms with Gasteiger partial charge in [0, 0.05) is 12.1 Å². The third-order valence-electron chi connectivity index (χ3n) is 4.77. The van der Waals surface area contributed by atoms with Crippen LogP contribution < -0.4 is 5.32 Å². The van der Waals surface area contributed by atoms with E-state index in [9.17, 15) is 14.5 Å². The van der Waals surface area contributed by atoms with Crippen molar-refractivity contribution in [1.82, 2.24) is 19.9 Å². The molecule has 30 heavy (non-hydrogen) atoms. The second-order valence-corrected chi connectivity index (χ2v) is 7.04. The van der Waals surface area contributed by atoms with E-state index >= 15 is 0 Å². The molecular weight excluding hydrogens is 411 g/mol. The van der Waals surface area contributed by atoms with Crippen molar-refractivity contribution < 1.29 is 9.31 Å². The maximum atomic E-state index is 13.9. The Kier molecular flexibility index (Phi) is 5.28. The number of nitrogens with zero attached hydrogens (tertiary/aromatic N) is 4. The Labute approximate surface area is 175 Å². The molecule has 8 nitrogen and oxygen atoms in total. The Bertz CT molecular complexity index is 1260. The highest BCUT2D eigenvalue weighted by Gasteiger charge is 2.25. The summed E-state index contributed by atoms with van der Waals surface area (Å²) in [6, 6.07) is 7.44. The highest BCUT2D eigenvalue weighted by molar-refractivity contribution is 6.32. The Morgan fingerprint density at radius 1 is 1.27 bits per heavy atom. The van der Waals surface area contributed by atoms with E-state index in [0.29, 0.717) is 52.2 Å². The van der Waals surface area contributed by atoms with E-state index in [1.807, 2.05) is 0 Å². The van der Waals surface area contributed by atoms with Gasteiger partial charge >= 0.3 is 0 Å². The Morgan fingerprint density at radius 3 is 2.87 bits per heavy atom. The lowest BCUT2D eigenvalue weighted by atomic mass is 9.93. The smallest absolute Gasteiger partial charge is 0.281 e. The minimum atomic E-state index is -0.476. The number of nitro benzene ring substituents is 1. The van der Waals surface area contributed by atoms with E-state index in [1.54, 1.807) is 19.1 Å². The second-order valence-electron chi connectivity index (χ2n) is 6.63. The molecule has 0 aliphatic carbocycles. The molecule has 0 aliphatic heterocycles. The molecule has 10 heteroatoms. The molecule has 4 aromatic rings. The average molecular weight is 427 g/mol. The van der Waals surface area contributed by atoms with E-state index in [0.717, 1.165) is 0 Å². The van der Waals surface area contributed by atoms with Crippen LogP contribution in [-0.4, -0.2) is 31.4 Å². The topological polar surface area (TPSA) is 110 Å². The zero-order chi connectivity index (χ0) is 21.3. The van der Waals surface area contributed by atoms with Gasteiger partial charge in [0.2, 0.25) is 0 Å². The first kappa shape index (κ1) is 19.7. The number of hydrogen-bond acceptors (Lipinski definition) is 6. The molecular formula is C20H16ClFN6O2. The maximum absolute atomic E-state index is 13.9. The number of anilines is 1. The summed E-state index contributed by atoms with van der Waals surface area (Å²) in [5.74, 6) is 0.0710. The van der Waals surface area contributed by atoms with E-state index in [4.69, 9.17) is 11.6 Å². The van der Waals surface area contributed by atoms with Crippen LogP contribution in [0.3, 0.4) is 0 Å². The molecule has 0 saturated carbocycles. The van der Waals surface area contributed by atoms with Gasteiger partial charge in [-0.2, -0.15) is 0 Å². The average Bonchev–Trinajstić information content (AvgIpc) is 3.19. The standard InChI is InChI=1S/C20H16ClFN6O2/c1-11-15(21)8-13(5-6-23-19-17-20(25-9-24-17)27-10-26-19)16(18(11)28(29)30)12-3-2-4-14(22)7-12/h2-4,7-10H,5-6H2,1H3,(H2,23,24,25,26,27). The lowest BCUT2D eigenvalue weighted by Gasteiger charge is -2.14. The van der Waals surface area contributed by atoms with E-state index in [1.165, 1.54) is 30.9 Å². The van der Waals surface area contributed by atoms with Crippen LogP contribution in [0.2, 0.25) is 5.02 Å². The fourth-order valence-corrected chi connectivity index (χ4v) is 3.61. The quantitative estimate of drug-likeness (QED) is 0.342. The van der Waals surface area contributed by atoms with Crippen LogP contribution in [0.5, 0.6) is 0 Å². The molecule has 0 amide bonds. The summed E-state index contributed by atoms with van der Waals surface area (Å²) in [6.45, 7) is 1.98. The summed E-state index contributed by atoms with van der Waals surface area (Å²) in [6.07, 6.45) is 3.33. The summed E-state index contributed by atoms with van der Waals surface area (Å²) in [5, 5.41) is 15.3. The molecule has 0 saturated heterocycles. The van der Waals surface area contributed by atoms with Gasteiger partial charge in [0.05, 0.1) is 21.8 Å². The Hall–Kier alpha value is -3.59. The Morgan fingerprint density at radius 2 is 2.10 bits per heavy atom. The van der Waals surface area contributed by atoms with Gasteiger partial charge in [-0.25, -0.2) is 19.3 Å². The van der Waals surface area contributed by atoms with Crippen LogP contribution in [0.4, 0.5) is 15.9 Å². The van der Waals surface area contributed by atoms with Crippen molar-refractivity contribution in [3.05, 3.63) is 75.1 Å². The van der Waals surface area contributed by atoms with Crippen LogP contribution in [0, 0.1) is 22.9 Å². The van der Waals surface area contributed by atoms with Gasteiger partial charge in [0.25, 0.3) is 5.69 Å². The molecule has 0 radical (unpaired) electrons. The van der Waals surface area contributed by atoms with E-state index in [-0.39, 0.29) is 10.7 Å². The summed E-state index contributed by atoms with van der Waals surface area (Å²) in [5.41, 5.74) is 2.82. The number of aromatic amines is 1. The fourth-order valence-electron chi connectivity index (χ4n) is 3.39. The third-order valence-corrected chi connectivity index (χ3v) is 5.16. The molecule has 2 N–H and O–H groups in total. The number of nitrogens with one attached hydrogen (secondary N) is 2. The molecule has 0 atom stereocenters. The zero-order valence-corrected chi connectivity index (χ0v) is 16.6. The summed E-state index contributed by atoms with van der Waals surface area (Å²) in [4.78, 5) is 26.7. The molecule has 0 fully saturated rings. The molecule has 0 spiro atoms. The van der Waals surface area contributed by atoms with Crippen molar-refractivity contribution in [3.63, 3.8) is 0 Å².